The number of likely N-dealkylation sites (tertiary alicyclic amines) is 1. The highest BCUT2D eigenvalue weighted by atomic mass is 15.2. The molecular weight excluding hydrogens is 260 g/mol. The third-order valence-electron chi connectivity index (χ3n) is 4.40. The monoisotopic (exact) mass is 294 g/mol. The Bertz CT molecular complexity index is 315. The number of guanidine groups is 1. The number of nitrogens with zero attached hydrogens (tertiary/aromatic N) is 2. The number of piperidine rings is 1. The second-order valence-electron chi connectivity index (χ2n) is 7.11. The highest BCUT2D eigenvalue weighted by molar-refractivity contribution is 5.80. The molecule has 2 rings (SSSR count). The van der Waals surface area contributed by atoms with E-state index >= 15 is 0 Å². The van der Waals surface area contributed by atoms with Crippen molar-refractivity contribution in [2.75, 3.05) is 32.7 Å². The van der Waals surface area contributed by atoms with Crippen LogP contribution in [0.1, 0.15) is 52.9 Å². The summed E-state index contributed by atoms with van der Waals surface area (Å²) in [5, 5.41) is 7.03. The van der Waals surface area contributed by atoms with Gasteiger partial charge in [-0.2, -0.15) is 0 Å². The van der Waals surface area contributed by atoms with Crippen LogP contribution >= 0.6 is 0 Å². The molecule has 1 aliphatic carbocycles. The van der Waals surface area contributed by atoms with Gasteiger partial charge in [0.15, 0.2) is 5.96 Å². The molecule has 0 unspecified atom stereocenters. The van der Waals surface area contributed by atoms with E-state index in [1.807, 2.05) is 0 Å². The Balaban J connectivity index is 1.70. The van der Waals surface area contributed by atoms with E-state index in [-0.39, 0.29) is 0 Å². The second-order valence-corrected chi connectivity index (χ2v) is 7.11. The summed E-state index contributed by atoms with van der Waals surface area (Å²) in [7, 11) is 0. The van der Waals surface area contributed by atoms with Gasteiger partial charge in [0.25, 0.3) is 0 Å². The Morgan fingerprint density at radius 1 is 1.19 bits per heavy atom. The van der Waals surface area contributed by atoms with E-state index in [0.29, 0.717) is 6.04 Å². The largest absolute Gasteiger partial charge is 0.357 e. The second kappa shape index (κ2) is 8.62. The average molecular weight is 294 g/mol. The van der Waals surface area contributed by atoms with Crippen LogP contribution < -0.4 is 10.6 Å². The molecule has 2 N–H and O–H groups in total. The van der Waals surface area contributed by atoms with Crippen LogP contribution in [-0.4, -0.2) is 49.6 Å². The zero-order valence-corrected chi connectivity index (χ0v) is 14.2. The van der Waals surface area contributed by atoms with E-state index in [1.54, 1.807) is 0 Å². The van der Waals surface area contributed by atoms with Crippen LogP contribution in [0.5, 0.6) is 0 Å². The molecule has 0 aromatic carbocycles. The maximum absolute atomic E-state index is 4.74. The van der Waals surface area contributed by atoms with Crippen molar-refractivity contribution < 1.29 is 0 Å². The van der Waals surface area contributed by atoms with Gasteiger partial charge < -0.3 is 15.5 Å². The third-order valence-corrected chi connectivity index (χ3v) is 4.40. The molecule has 4 nitrogen and oxygen atoms in total. The third kappa shape index (κ3) is 6.68. The van der Waals surface area contributed by atoms with Crippen LogP contribution in [0.15, 0.2) is 4.99 Å². The summed E-state index contributed by atoms with van der Waals surface area (Å²) in [6.45, 7) is 12.4. The molecule has 1 saturated heterocycles. The fourth-order valence-electron chi connectivity index (χ4n) is 3.06. The molecule has 4 heteroatoms. The molecule has 0 spiro atoms. The van der Waals surface area contributed by atoms with Crippen LogP contribution in [0.3, 0.4) is 0 Å². The molecule has 0 amide bonds. The van der Waals surface area contributed by atoms with Gasteiger partial charge in [-0.3, -0.25) is 4.99 Å². The highest BCUT2D eigenvalue weighted by Crippen LogP contribution is 2.32. The quantitative estimate of drug-likeness (QED) is 0.560. The van der Waals surface area contributed by atoms with Crippen molar-refractivity contribution in [3.8, 4) is 0 Å². The number of rotatable bonds is 7. The van der Waals surface area contributed by atoms with Gasteiger partial charge in [-0.15, -0.1) is 0 Å². The zero-order valence-electron chi connectivity index (χ0n) is 14.2. The molecule has 0 bridgehead atoms. The SMILES string of the molecule is CCNC(=NCCC1CC1)NC1CCN(CC(C)C)CC1. The van der Waals surface area contributed by atoms with Gasteiger partial charge >= 0.3 is 0 Å². The number of nitrogens with one attached hydrogen (secondary N) is 2. The Labute approximate surface area is 130 Å². The summed E-state index contributed by atoms with van der Waals surface area (Å²) in [5.74, 6) is 2.77. The van der Waals surface area contributed by atoms with Gasteiger partial charge in [-0.1, -0.05) is 26.7 Å². The molecule has 1 heterocycles. The molecule has 0 aromatic heterocycles. The van der Waals surface area contributed by atoms with Gasteiger partial charge in [-0.05, 0) is 38.0 Å². The minimum Gasteiger partial charge on any atom is -0.357 e. The summed E-state index contributed by atoms with van der Waals surface area (Å²) in [5.41, 5.74) is 0. The number of hydrogen-bond acceptors (Lipinski definition) is 2. The summed E-state index contributed by atoms with van der Waals surface area (Å²) in [6, 6.07) is 0.590. The van der Waals surface area contributed by atoms with Gasteiger partial charge in [0, 0.05) is 38.8 Å². The summed E-state index contributed by atoms with van der Waals surface area (Å²) in [6.07, 6.45) is 6.59. The normalized spacial score (nSPS) is 21.8. The van der Waals surface area contributed by atoms with Crippen LogP contribution in [0.4, 0.5) is 0 Å². The zero-order chi connectivity index (χ0) is 15.1. The summed E-state index contributed by atoms with van der Waals surface area (Å²) >= 11 is 0. The van der Waals surface area contributed by atoms with Crippen molar-refractivity contribution in [1.82, 2.24) is 15.5 Å². The lowest BCUT2D eigenvalue weighted by molar-refractivity contribution is 0.187. The first kappa shape index (κ1) is 16.6. The van der Waals surface area contributed by atoms with Crippen LogP contribution in [0.2, 0.25) is 0 Å². The maximum Gasteiger partial charge on any atom is 0.191 e. The van der Waals surface area contributed by atoms with E-state index < -0.39 is 0 Å². The average Bonchev–Trinajstić information content (AvgIpc) is 3.25. The number of hydrogen-bond donors (Lipinski definition) is 2. The topological polar surface area (TPSA) is 39.7 Å². The Kier molecular flexibility index (Phi) is 6.81. The minimum atomic E-state index is 0.590. The Morgan fingerprint density at radius 2 is 1.90 bits per heavy atom. The van der Waals surface area contributed by atoms with Crippen LogP contribution in [0, 0.1) is 11.8 Å². The molecule has 1 aliphatic heterocycles. The molecule has 21 heavy (non-hydrogen) atoms. The van der Waals surface area contributed by atoms with Gasteiger partial charge in [-0.25, -0.2) is 0 Å². The minimum absolute atomic E-state index is 0.590. The smallest absolute Gasteiger partial charge is 0.191 e. The first-order chi connectivity index (χ1) is 10.2. The first-order valence-corrected chi connectivity index (χ1v) is 8.94. The molecule has 0 aromatic rings. The predicted molar refractivity (Wildman–Crippen MR) is 90.8 cm³/mol. The van der Waals surface area contributed by atoms with E-state index in [1.165, 1.54) is 51.7 Å². The number of aliphatic imine (C=N–C) groups is 1. The van der Waals surface area contributed by atoms with Crippen LogP contribution in [0.25, 0.3) is 0 Å². The van der Waals surface area contributed by atoms with E-state index in [0.717, 1.165) is 30.9 Å². The van der Waals surface area contributed by atoms with Gasteiger partial charge in [0.2, 0.25) is 0 Å². The summed E-state index contributed by atoms with van der Waals surface area (Å²) < 4.78 is 0. The van der Waals surface area contributed by atoms with E-state index in [2.05, 4.69) is 36.3 Å². The fraction of sp³-hybridized carbons (Fsp3) is 0.941. The molecule has 2 aliphatic rings. The molecule has 122 valence electrons. The van der Waals surface area contributed by atoms with Crippen molar-refractivity contribution in [2.24, 2.45) is 16.8 Å². The Morgan fingerprint density at radius 3 is 2.48 bits per heavy atom. The lowest BCUT2D eigenvalue weighted by Crippen LogP contribution is -2.49. The Hall–Kier alpha value is -0.770. The van der Waals surface area contributed by atoms with Crippen molar-refractivity contribution in [3.63, 3.8) is 0 Å². The maximum atomic E-state index is 4.74. The lowest BCUT2D eigenvalue weighted by atomic mass is 10.0. The lowest BCUT2D eigenvalue weighted by Gasteiger charge is -2.34. The van der Waals surface area contributed by atoms with Crippen molar-refractivity contribution in [3.05, 3.63) is 0 Å². The molecular formula is C17H34N4. The predicted octanol–water partition coefficient (Wildman–Crippen LogP) is 2.46. The van der Waals surface area contributed by atoms with Crippen molar-refractivity contribution in [1.29, 1.82) is 0 Å². The van der Waals surface area contributed by atoms with Gasteiger partial charge in [0.05, 0.1) is 0 Å². The molecule has 0 radical (unpaired) electrons. The van der Waals surface area contributed by atoms with Crippen LogP contribution in [-0.2, 0) is 0 Å². The standard InChI is InChI=1S/C17H34N4/c1-4-18-17(19-10-7-15-5-6-15)20-16-8-11-21(12-9-16)13-14(2)3/h14-16H,4-13H2,1-3H3,(H2,18,19,20). The fourth-order valence-corrected chi connectivity index (χ4v) is 3.06. The van der Waals surface area contributed by atoms with E-state index in [4.69, 9.17) is 4.99 Å². The van der Waals surface area contributed by atoms with Crippen molar-refractivity contribution >= 4 is 5.96 Å². The molecule has 1 saturated carbocycles. The highest BCUT2D eigenvalue weighted by Gasteiger charge is 2.21. The van der Waals surface area contributed by atoms with Crippen molar-refractivity contribution in [2.45, 2.75) is 58.9 Å². The molecule has 2 fully saturated rings. The van der Waals surface area contributed by atoms with Gasteiger partial charge in [0.1, 0.15) is 0 Å². The summed E-state index contributed by atoms with van der Waals surface area (Å²) in [4.78, 5) is 7.33. The molecule has 0 atom stereocenters. The van der Waals surface area contributed by atoms with E-state index in [9.17, 15) is 0 Å². The first-order valence-electron chi connectivity index (χ1n) is 8.94.